The van der Waals surface area contributed by atoms with Crippen molar-refractivity contribution in [3.8, 4) is 0 Å². The van der Waals surface area contributed by atoms with E-state index in [4.69, 9.17) is 0 Å². The quantitative estimate of drug-likeness (QED) is 0.782. The predicted octanol–water partition coefficient (Wildman–Crippen LogP) is 2.43. The van der Waals surface area contributed by atoms with E-state index in [1.165, 1.54) is 12.3 Å². The van der Waals surface area contributed by atoms with E-state index in [0.29, 0.717) is 0 Å². The molecule has 2 N–H and O–H groups in total. The lowest BCUT2D eigenvalue weighted by atomic mass is 10.2. The Hall–Kier alpha value is -2.14. The molecule has 2 aromatic rings. The number of carbonyl (C=O) groups excluding carboxylic acids is 1. The monoisotopic (exact) mass is 259 g/mol. The molecule has 0 spiro atoms. The van der Waals surface area contributed by atoms with Crippen molar-refractivity contribution < 1.29 is 9.32 Å². The average molecular weight is 259 g/mol. The van der Waals surface area contributed by atoms with E-state index in [1.54, 1.807) is 0 Å². The zero-order valence-corrected chi connectivity index (χ0v) is 10.8. The molecule has 0 saturated heterocycles. The summed E-state index contributed by atoms with van der Waals surface area (Å²) < 4.78 is 4.64. The highest BCUT2D eigenvalue weighted by molar-refractivity contribution is 6.02. The van der Waals surface area contributed by atoms with E-state index in [2.05, 4.69) is 27.2 Å². The Balaban J connectivity index is 1.97. The van der Waals surface area contributed by atoms with E-state index in [-0.39, 0.29) is 11.6 Å². The molecule has 0 fully saturated rings. The molecule has 0 bridgehead atoms. The highest BCUT2D eigenvalue weighted by Gasteiger charge is 2.09. The lowest BCUT2D eigenvalue weighted by Gasteiger charge is -2.07. The third-order valence-electron chi connectivity index (χ3n) is 2.61. The Morgan fingerprint density at radius 1 is 1.37 bits per heavy atom. The first-order chi connectivity index (χ1) is 9.29. The van der Waals surface area contributed by atoms with E-state index < -0.39 is 0 Å². The van der Waals surface area contributed by atoms with Gasteiger partial charge in [-0.3, -0.25) is 4.79 Å². The zero-order chi connectivity index (χ0) is 13.5. The summed E-state index contributed by atoms with van der Waals surface area (Å²) in [6.45, 7) is 3.90. The summed E-state index contributed by atoms with van der Waals surface area (Å²) in [6, 6.07) is 9.26. The molecular formula is C14H17N3O2. The van der Waals surface area contributed by atoms with Crippen molar-refractivity contribution in [2.45, 2.75) is 19.9 Å². The molecular weight excluding hydrogens is 242 g/mol. The molecule has 0 aliphatic carbocycles. The number of rotatable bonds is 6. The summed E-state index contributed by atoms with van der Waals surface area (Å²) in [7, 11) is 0. The van der Waals surface area contributed by atoms with Gasteiger partial charge < -0.3 is 15.2 Å². The molecule has 0 aliphatic rings. The summed E-state index contributed by atoms with van der Waals surface area (Å²) in [6.07, 6.45) is 2.47. The second kappa shape index (κ2) is 6.70. The van der Waals surface area contributed by atoms with Gasteiger partial charge in [-0.15, -0.1) is 0 Å². The fourth-order valence-corrected chi connectivity index (χ4v) is 1.69. The molecule has 0 radical (unpaired) electrons. The van der Waals surface area contributed by atoms with Gasteiger partial charge in [0, 0.05) is 18.3 Å². The van der Waals surface area contributed by atoms with Crippen molar-refractivity contribution in [2.24, 2.45) is 0 Å². The summed E-state index contributed by atoms with van der Waals surface area (Å²) in [5, 5.41) is 9.70. The summed E-state index contributed by atoms with van der Waals surface area (Å²) in [5.41, 5.74) is 2.16. The molecule has 0 atom stereocenters. The van der Waals surface area contributed by atoms with Crippen LogP contribution in [0.15, 0.2) is 41.1 Å². The van der Waals surface area contributed by atoms with Gasteiger partial charge in [-0.05, 0) is 30.7 Å². The molecule has 1 aromatic carbocycles. The van der Waals surface area contributed by atoms with Crippen LogP contribution in [0.2, 0.25) is 0 Å². The van der Waals surface area contributed by atoms with Gasteiger partial charge in [0.25, 0.3) is 5.91 Å². The second-order valence-electron chi connectivity index (χ2n) is 4.22. The second-order valence-corrected chi connectivity index (χ2v) is 4.22. The highest BCUT2D eigenvalue weighted by Crippen LogP contribution is 2.11. The Bertz CT molecular complexity index is 523. The third kappa shape index (κ3) is 3.93. The first-order valence-electron chi connectivity index (χ1n) is 6.31. The zero-order valence-electron chi connectivity index (χ0n) is 10.8. The van der Waals surface area contributed by atoms with Crippen molar-refractivity contribution in [1.82, 2.24) is 10.5 Å². The van der Waals surface area contributed by atoms with Crippen LogP contribution in [0.5, 0.6) is 0 Å². The normalized spacial score (nSPS) is 10.4. The molecule has 100 valence electrons. The van der Waals surface area contributed by atoms with E-state index in [1.807, 2.05) is 24.3 Å². The fraction of sp³-hybridized carbons (Fsp3) is 0.286. The van der Waals surface area contributed by atoms with Crippen molar-refractivity contribution in [3.63, 3.8) is 0 Å². The van der Waals surface area contributed by atoms with Gasteiger partial charge in [-0.1, -0.05) is 24.2 Å². The number of amides is 1. The lowest BCUT2D eigenvalue weighted by Crippen LogP contribution is -2.15. The van der Waals surface area contributed by atoms with Gasteiger partial charge in [0.1, 0.15) is 6.26 Å². The molecule has 1 amide bonds. The number of carbonyl (C=O) groups is 1. The fourth-order valence-electron chi connectivity index (χ4n) is 1.69. The molecule has 1 aromatic heterocycles. The SMILES string of the molecule is CCCNCc1cccc(NC(=O)c2ccon2)c1. The Kier molecular flexibility index (Phi) is 4.69. The Labute approximate surface area is 112 Å². The van der Waals surface area contributed by atoms with Gasteiger partial charge in [0.15, 0.2) is 5.69 Å². The van der Waals surface area contributed by atoms with Crippen LogP contribution in [-0.2, 0) is 6.54 Å². The first-order valence-corrected chi connectivity index (χ1v) is 6.31. The van der Waals surface area contributed by atoms with Crippen molar-refractivity contribution in [1.29, 1.82) is 0 Å². The van der Waals surface area contributed by atoms with Gasteiger partial charge in [-0.2, -0.15) is 0 Å². The largest absolute Gasteiger partial charge is 0.364 e. The van der Waals surface area contributed by atoms with E-state index >= 15 is 0 Å². The summed E-state index contributed by atoms with van der Waals surface area (Å²) >= 11 is 0. The van der Waals surface area contributed by atoms with Crippen LogP contribution in [0.1, 0.15) is 29.4 Å². The maximum atomic E-state index is 11.8. The van der Waals surface area contributed by atoms with Crippen molar-refractivity contribution in [2.75, 3.05) is 11.9 Å². The molecule has 0 aliphatic heterocycles. The minimum Gasteiger partial charge on any atom is -0.364 e. The molecule has 1 heterocycles. The van der Waals surface area contributed by atoms with Crippen LogP contribution in [0.25, 0.3) is 0 Å². The van der Waals surface area contributed by atoms with Crippen LogP contribution in [0.4, 0.5) is 5.69 Å². The minimum absolute atomic E-state index is 0.271. The number of nitrogens with zero attached hydrogens (tertiary/aromatic N) is 1. The molecule has 5 heteroatoms. The number of benzene rings is 1. The molecule has 0 unspecified atom stereocenters. The number of nitrogens with one attached hydrogen (secondary N) is 2. The van der Waals surface area contributed by atoms with Crippen molar-refractivity contribution >= 4 is 11.6 Å². The number of hydrogen-bond donors (Lipinski definition) is 2. The molecule has 0 saturated carbocycles. The lowest BCUT2D eigenvalue weighted by molar-refractivity contribution is 0.101. The molecule has 2 rings (SSSR count). The van der Waals surface area contributed by atoms with Crippen LogP contribution >= 0.6 is 0 Å². The van der Waals surface area contributed by atoms with Crippen LogP contribution in [0.3, 0.4) is 0 Å². The smallest absolute Gasteiger partial charge is 0.277 e. The highest BCUT2D eigenvalue weighted by atomic mass is 16.5. The minimum atomic E-state index is -0.271. The maximum Gasteiger partial charge on any atom is 0.277 e. The van der Waals surface area contributed by atoms with Gasteiger partial charge in [0.05, 0.1) is 0 Å². The average Bonchev–Trinajstić information content (AvgIpc) is 2.93. The van der Waals surface area contributed by atoms with Gasteiger partial charge >= 0.3 is 0 Å². The van der Waals surface area contributed by atoms with E-state index in [0.717, 1.165) is 30.8 Å². The Morgan fingerprint density at radius 3 is 3.00 bits per heavy atom. The molecule has 19 heavy (non-hydrogen) atoms. The van der Waals surface area contributed by atoms with E-state index in [9.17, 15) is 4.79 Å². The van der Waals surface area contributed by atoms with Gasteiger partial charge in [0.2, 0.25) is 0 Å². The van der Waals surface area contributed by atoms with Crippen LogP contribution in [0, 0.1) is 0 Å². The topological polar surface area (TPSA) is 67.2 Å². The van der Waals surface area contributed by atoms with Crippen molar-refractivity contribution in [3.05, 3.63) is 47.9 Å². The number of anilines is 1. The predicted molar refractivity (Wildman–Crippen MR) is 72.9 cm³/mol. The molecule has 5 nitrogen and oxygen atoms in total. The number of aromatic nitrogens is 1. The Morgan fingerprint density at radius 2 is 2.26 bits per heavy atom. The third-order valence-corrected chi connectivity index (χ3v) is 2.61. The maximum absolute atomic E-state index is 11.8. The van der Waals surface area contributed by atoms with Crippen LogP contribution < -0.4 is 10.6 Å². The van der Waals surface area contributed by atoms with Gasteiger partial charge in [-0.25, -0.2) is 0 Å². The summed E-state index contributed by atoms with van der Waals surface area (Å²) in [4.78, 5) is 11.8. The summed E-state index contributed by atoms with van der Waals surface area (Å²) in [5.74, 6) is -0.271. The standard InChI is InChI=1S/C14H17N3O2/c1-2-7-15-10-11-4-3-5-12(9-11)16-14(18)13-6-8-19-17-13/h3-6,8-9,15H,2,7,10H2,1H3,(H,16,18). The first kappa shape index (κ1) is 13.3. The number of hydrogen-bond acceptors (Lipinski definition) is 4. The van der Waals surface area contributed by atoms with Crippen LogP contribution in [-0.4, -0.2) is 17.6 Å².